The van der Waals surface area contributed by atoms with Gasteiger partial charge in [0.05, 0.1) is 16.1 Å². The van der Waals surface area contributed by atoms with Crippen LogP contribution in [-0.2, 0) is 11.3 Å². The van der Waals surface area contributed by atoms with Crippen molar-refractivity contribution in [2.45, 2.75) is 19.5 Å². The molecular formula is C18H15N3O5. The van der Waals surface area contributed by atoms with Gasteiger partial charge in [-0.25, -0.2) is 0 Å². The summed E-state index contributed by atoms with van der Waals surface area (Å²) >= 11 is 0. The van der Waals surface area contributed by atoms with E-state index in [4.69, 9.17) is 0 Å². The summed E-state index contributed by atoms with van der Waals surface area (Å²) in [5, 5.41) is 13.6. The van der Waals surface area contributed by atoms with Crippen molar-refractivity contribution in [2.75, 3.05) is 0 Å². The summed E-state index contributed by atoms with van der Waals surface area (Å²) in [6.07, 6.45) is 0. The third-order valence-corrected chi connectivity index (χ3v) is 4.23. The molecule has 0 saturated carbocycles. The zero-order valence-electron chi connectivity index (χ0n) is 13.8. The van der Waals surface area contributed by atoms with Crippen molar-refractivity contribution in [3.63, 3.8) is 0 Å². The second-order valence-electron chi connectivity index (χ2n) is 5.81. The van der Waals surface area contributed by atoms with E-state index in [1.165, 1.54) is 37.3 Å². The third-order valence-electron chi connectivity index (χ3n) is 4.23. The summed E-state index contributed by atoms with van der Waals surface area (Å²) < 4.78 is 0. The molecule has 3 amide bonds. The second-order valence-corrected chi connectivity index (χ2v) is 5.81. The van der Waals surface area contributed by atoms with E-state index in [1.807, 2.05) is 0 Å². The molecule has 0 aromatic heterocycles. The van der Waals surface area contributed by atoms with E-state index in [-0.39, 0.29) is 23.4 Å². The summed E-state index contributed by atoms with van der Waals surface area (Å²) in [5.41, 5.74) is 0.744. The minimum Gasteiger partial charge on any atom is -0.350 e. The maximum absolute atomic E-state index is 12.4. The van der Waals surface area contributed by atoms with E-state index < -0.39 is 28.7 Å². The van der Waals surface area contributed by atoms with Gasteiger partial charge < -0.3 is 5.32 Å². The number of nitrogens with one attached hydrogen (secondary N) is 1. The zero-order valence-corrected chi connectivity index (χ0v) is 13.8. The minimum atomic E-state index is -1.04. The molecule has 1 unspecified atom stereocenters. The van der Waals surface area contributed by atoms with Crippen LogP contribution in [-0.4, -0.2) is 33.6 Å². The number of carbonyl (C=O) groups excluding carboxylic acids is 3. The third kappa shape index (κ3) is 2.92. The highest BCUT2D eigenvalue weighted by molar-refractivity contribution is 6.22. The van der Waals surface area contributed by atoms with Crippen LogP contribution in [0.5, 0.6) is 0 Å². The van der Waals surface area contributed by atoms with Gasteiger partial charge in [-0.2, -0.15) is 0 Å². The van der Waals surface area contributed by atoms with Crippen LogP contribution in [0.1, 0.15) is 33.2 Å². The Morgan fingerprint density at radius 2 is 1.62 bits per heavy atom. The standard InChI is InChI=1S/C18H15N3O5/c1-11(20-17(23)13-7-3-4-8-14(13)18(20)24)16(22)19-10-12-6-2-5-9-15(12)21(25)26/h2-9,11H,10H2,1H3,(H,19,22). The number of carbonyl (C=O) groups is 3. The zero-order chi connectivity index (χ0) is 18.8. The highest BCUT2D eigenvalue weighted by Gasteiger charge is 2.40. The molecule has 0 fully saturated rings. The van der Waals surface area contributed by atoms with E-state index in [2.05, 4.69) is 5.32 Å². The van der Waals surface area contributed by atoms with Gasteiger partial charge in [-0.1, -0.05) is 30.3 Å². The Bertz CT molecular complexity index is 890. The van der Waals surface area contributed by atoms with Gasteiger partial charge >= 0.3 is 0 Å². The molecule has 1 N–H and O–H groups in total. The van der Waals surface area contributed by atoms with E-state index in [9.17, 15) is 24.5 Å². The van der Waals surface area contributed by atoms with Crippen molar-refractivity contribution < 1.29 is 19.3 Å². The molecule has 0 aliphatic carbocycles. The van der Waals surface area contributed by atoms with Gasteiger partial charge in [-0.05, 0) is 19.1 Å². The Labute approximate surface area is 148 Å². The van der Waals surface area contributed by atoms with Gasteiger partial charge in [-0.3, -0.25) is 29.4 Å². The quantitative estimate of drug-likeness (QED) is 0.501. The number of nitro groups is 1. The molecule has 2 aromatic carbocycles. The summed E-state index contributed by atoms with van der Waals surface area (Å²) in [6.45, 7) is 1.36. The number of benzene rings is 2. The number of fused-ring (bicyclic) bond motifs is 1. The lowest BCUT2D eigenvalue weighted by molar-refractivity contribution is -0.385. The summed E-state index contributed by atoms with van der Waals surface area (Å²) in [6, 6.07) is 11.4. The fraction of sp³-hybridized carbons (Fsp3) is 0.167. The molecule has 8 nitrogen and oxygen atoms in total. The molecular weight excluding hydrogens is 338 g/mol. The molecule has 132 valence electrons. The van der Waals surface area contributed by atoms with Crippen molar-refractivity contribution in [2.24, 2.45) is 0 Å². The van der Waals surface area contributed by atoms with Gasteiger partial charge in [0.1, 0.15) is 6.04 Å². The van der Waals surface area contributed by atoms with Crippen molar-refractivity contribution in [3.05, 3.63) is 75.3 Å². The summed E-state index contributed by atoms with van der Waals surface area (Å²) in [5.74, 6) is -1.63. The van der Waals surface area contributed by atoms with Gasteiger partial charge in [-0.15, -0.1) is 0 Å². The lowest BCUT2D eigenvalue weighted by Crippen LogP contribution is -2.47. The van der Waals surface area contributed by atoms with Crippen LogP contribution in [0.15, 0.2) is 48.5 Å². The average molecular weight is 353 g/mol. The van der Waals surface area contributed by atoms with Crippen LogP contribution in [0.2, 0.25) is 0 Å². The van der Waals surface area contributed by atoms with Crippen molar-refractivity contribution in [3.8, 4) is 0 Å². The first kappa shape index (κ1) is 17.3. The van der Waals surface area contributed by atoms with Gasteiger partial charge in [0.15, 0.2) is 0 Å². The Morgan fingerprint density at radius 1 is 1.08 bits per heavy atom. The predicted octanol–water partition coefficient (Wildman–Crippen LogP) is 1.90. The van der Waals surface area contributed by atoms with Crippen molar-refractivity contribution in [1.82, 2.24) is 10.2 Å². The Balaban J connectivity index is 1.73. The van der Waals surface area contributed by atoms with Crippen LogP contribution in [0, 0.1) is 10.1 Å². The van der Waals surface area contributed by atoms with Crippen molar-refractivity contribution >= 4 is 23.4 Å². The van der Waals surface area contributed by atoms with Gasteiger partial charge in [0.2, 0.25) is 5.91 Å². The number of hydrogen-bond acceptors (Lipinski definition) is 5. The van der Waals surface area contributed by atoms with E-state index in [1.54, 1.807) is 18.2 Å². The highest BCUT2D eigenvalue weighted by Crippen LogP contribution is 2.24. The van der Waals surface area contributed by atoms with Crippen LogP contribution in [0.4, 0.5) is 5.69 Å². The number of amides is 3. The molecule has 0 saturated heterocycles. The number of hydrogen-bond donors (Lipinski definition) is 1. The molecule has 0 bridgehead atoms. The van der Waals surface area contributed by atoms with Crippen LogP contribution in [0.25, 0.3) is 0 Å². The molecule has 3 rings (SSSR count). The first-order valence-electron chi connectivity index (χ1n) is 7.88. The topological polar surface area (TPSA) is 110 Å². The van der Waals surface area contributed by atoms with Crippen LogP contribution < -0.4 is 5.32 Å². The molecule has 8 heteroatoms. The Morgan fingerprint density at radius 3 is 2.19 bits per heavy atom. The van der Waals surface area contributed by atoms with E-state index in [0.717, 1.165) is 4.90 Å². The molecule has 1 aliphatic heterocycles. The number of rotatable bonds is 5. The lowest BCUT2D eigenvalue weighted by Gasteiger charge is -2.21. The average Bonchev–Trinajstić information content (AvgIpc) is 2.90. The maximum Gasteiger partial charge on any atom is 0.274 e. The smallest absolute Gasteiger partial charge is 0.274 e. The largest absolute Gasteiger partial charge is 0.350 e. The maximum atomic E-state index is 12.4. The molecule has 1 aliphatic rings. The van der Waals surface area contributed by atoms with E-state index in [0.29, 0.717) is 5.56 Å². The molecule has 0 spiro atoms. The monoisotopic (exact) mass is 353 g/mol. The number of imide groups is 1. The second kappa shape index (κ2) is 6.75. The molecule has 2 aromatic rings. The number of para-hydroxylation sites is 1. The SMILES string of the molecule is CC(C(=O)NCc1ccccc1[N+](=O)[O-])N1C(=O)c2ccccc2C1=O. The number of nitro benzene ring substituents is 1. The first-order valence-corrected chi connectivity index (χ1v) is 7.88. The lowest BCUT2D eigenvalue weighted by atomic mass is 10.1. The summed E-state index contributed by atoms with van der Waals surface area (Å²) in [7, 11) is 0. The van der Waals surface area contributed by atoms with Gasteiger partial charge in [0, 0.05) is 18.2 Å². The highest BCUT2D eigenvalue weighted by atomic mass is 16.6. The van der Waals surface area contributed by atoms with Crippen LogP contribution in [0.3, 0.4) is 0 Å². The summed E-state index contributed by atoms with van der Waals surface area (Å²) in [4.78, 5) is 48.6. The molecule has 1 atom stereocenters. The van der Waals surface area contributed by atoms with Gasteiger partial charge in [0.25, 0.3) is 17.5 Å². The normalized spacial score (nSPS) is 14.1. The fourth-order valence-corrected chi connectivity index (χ4v) is 2.85. The number of nitrogens with zero attached hydrogens (tertiary/aromatic N) is 2. The minimum absolute atomic E-state index is 0.0799. The Kier molecular flexibility index (Phi) is 4.49. The fourth-order valence-electron chi connectivity index (χ4n) is 2.85. The Hall–Kier alpha value is -3.55. The molecule has 1 heterocycles. The molecule has 0 radical (unpaired) electrons. The predicted molar refractivity (Wildman–Crippen MR) is 91.3 cm³/mol. The first-order chi connectivity index (χ1) is 12.4. The van der Waals surface area contributed by atoms with Crippen molar-refractivity contribution in [1.29, 1.82) is 0 Å². The molecule has 26 heavy (non-hydrogen) atoms. The van der Waals surface area contributed by atoms with Crippen LogP contribution >= 0.6 is 0 Å². The van der Waals surface area contributed by atoms with E-state index >= 15 is 0 Å².